The van der Waals surface area contributed by atoms with E-state index in [9.17, 15) is 9.59 Å². The molecule has 0 spiro atoms. The number of cyclic esters (lactones) is 1. The highest BCUT2D eigenvalue weighted by Crippen LogP contribution is 2.28. The number of carbonyl (C=O) groups excluding carboxylic acids is 2. The summed E-state index contributed by atoms with van der Waals surface area (Å²) in [7, 11) is 0. The second-order valence-electron chi connectivity index (χ2n) is 6.66. The van der Waals surface area contributed by atoms with Gasteiger partial charge in [0.25, 0.3) is 0 Å². The minimum Gasteiger partial charge on any atom is -0.426 e. The lowest BCUT2D eigenvalue weighted by Crippen LogP contribution is -2.12. The molecular weight excluding hydrogens is 526 g/mol. The number of nitrogens with zero attached hydrogens (tertiary/aromatic N) is 1. The van der Waals surface area contributed by atoms with Crippen molar-refractivity contribution >= 4 is 55.8 Å². The number of ether oxygens (including phenoxy) is 2. The lowest BCUT2D eigenvalue weighted by Gasteiger charge is -2.08. The van der Waals surface area contributed by atoms with Crippen LogP contribution in [0.2, 0.25) is 0 Å². The first-order valence-electron chi connectivity index (χ1n) is 9.30. The van der Waals surface area contributed by atoms with E-state index < -0.39 is 11.9 Å². The minimum absolute atomic E-state index is 0.122. The number of halogens is 2. The predicted molar refractivity (Wildman–Crippen MR) is 125 cm³/mol. The maximum Gasteiger partial charge on any atom is 0.363 e. The van der Waals surface area contributed by atoms with Crippen LogP contribution in [0, 0.1) is 0 Å². The van der Waals surface area contributed by atoms with Crippen LogP contribution in [0.15, 0.2) is 92.4 Å². The predicted octanol–water partition coefficient (Wildman–Crippen LogP) is 5.70. The van der Waals surface area contributed by atoms with Gasteiger partial charge in [-0.15, -0.1) is 0 Å². The standard InChI is InChI=1S/C24H15Br2NO4/c25-18-8-6-16(7-9-18)23-27-20(24(29)31-23)14-17-13-19(26)10-11-21(17)30-22(28)12-15-4-2-1-3-5-15/h1-11,13-14H,12H2/b20-14+. The molecule has 0 fully saturated rings. The molecule has 0 aromatic heterocycles. The number of hydrogen-bond donors (Lipinski definition) is 0. The van der Waals surface area contributed by atoms with E-state index in [1.165, 1.54) is 0 Å². The summed E-state index contributed by atoms with van der Waals surface area (Å²) in [6.07, 6.45) is 1.69. The minimum atomic E-state index is -0.570. The van der Waals surface area contributed by atoms with Gasteiger partial charge in [0.1, 0.15) is 5.75 Å². The SMILES string of the molecule is O=C(Cc1ccccc1)Oc1ccc(Br)cc1/C=C1/N=C(c2ccc(Br)cc2)OC1=O. The Morgan fingerprint density at radius 2 is 1.68 bits per heavy atom. The maximum atomic E-state index is 12.4. The average molecular weight is 541 g/mol. The first kappa shape index (κ1) is 21.2. The molecule has 1 heterocycles. The monoisotopic (exact) mass is 539 g/mol. The summed E-state index contributed by atoms with van der Waals surface area (Å²) in [6.45, 7) is 0. The average Bonchev–Trinajstić information content (AvgIpc) is 3.11. The quantitative estimate of drug-likeness (QED) is 0.236. The summed E-state index contributed by atoms with van der Waals surface area (Å²) in [6, 6.07) is 21.8. The topological polar surface area (TPSA) is 65.0 Å². The fourth-order valence-corrected chi connectivity index (χ4v) is 3.56. The van der Waals surface area contributed by atoms with Crippen LogP contribution in [-0.2, 0) is 20.7 Å². The number of aliphatic imine (C=N–C) groups is 1. The van der Waals surface area contributed by atoms with E-state index in [1.807, 2.05) is 42.5 Å². The first-order chi connectivity index (χ1) is 15.0. The van der Waals surface area contributed by atoms with E-state index in [1.54, 1.807) is 36.4 Å². The van der Waals surface area contributed by atoms with Crippen LogP contribution in [0.4, 0.5) is 0 Å². The highest BCUT2D eigenvalue weighted by Gasteiger charge is 2.25. The van der Waals surface area contributed by atoms with Crippen molar-refractivity contribution in [3.63, 3.8) is 0 Å². The zero-order valence-electron chi connectivity index (χ0n) is 16.0. The van der Waals surface area contributed by atoms with Crippen molar-refractivity contribution in [3.05, 3.63) is 104 Å². The van der Waals surface area contributed by atoms with Crippen molar-refractivity contribution in [1.82, 2.24) is 0 Å². The van der Waals surface area contributed by atoms with Gasteiger partial charge in [-0.1, -0.05) is 62.2 Å². The molecule has 1 aliphatic heterocycles. The molecule has 154 valence electrons. The Morgan fingerprint density at radius 3 is 2.42 bits per heavy atom. The zero-order chi connectivity index (χ0) is 21.8. The fourth-order valence-electron chi connectivity index (χ4n) is 2.92. The van der Waals surface area contributed by atoms with Gasteiger partial charge in [-0.2, -0.15) is 0 Å². The number of benzene rings is 3. The summed E-state index contributed by atoms with van der Waals surface area (Å²) in [4.78, 5) is 29.1. The van der Waals surface area contributed by atoms with Crippen molar-refractivity contribution in [1.29, 1.82) is 0 Å². The largest absolute Gasteiger partial charge is 0.426 e. The third-order valence-corrected chi connectivity index (χ3v) is 5.41. The van der Waals surface area contributed by atoms with E-state index in [4.69, 9.17) is 9.47 Å². The van der Waals surface area contributed by atoms with E-state index >= 15 is 0 Å². The molecule has 0 N–H and O–H groups in total. The van der Waals surface area contributed by atoms with Crippen LogP contribution >= 0.6 is 31.9 Å². The highest BCUT2D eigenvalue weighted by atomic mass is 79.9. The van der Waals surface area contributed by atoms with E-state index in [0.717, 1.165) is 14.5 Å². The van der Waals surface area contributed by atoms with Crippen molar-refractivity contribution < 1.29 is 19.1 Å². The van der Waals surface area contributed by atoms with Crippen LogP contribution in [0.3, 0.4) is 0 Å². The Morgan fingerprint density at radius 1 is 0.968 bits per heavy atom. The van der Waals surface area contributed by atoms with Crippen LogP contribution in [0.1, 0.15) is 16.7 Å². The van der Waals surface area contributed by atoms with E-state index in [2.05, 4.69) is 36.9 Å². The van der Waals surface area contributed by atoms with Crippen molar-refractivity contribution in [3.8, 4) is 5.75 Å². The van der Waals surface area contributed by atoms with Gasteiger partial charge in [-0.05, 0) is 54.1 Å². The molecule has 0 amide bonds. The number of rotatable bonds is 5. The van der Waals surface area contributed by atoms with Gasteiger partial charge in [0.05, 0.1) is 6.42 Å². The number of esters is 2. The lowest BCUT2D eigenvalue weighted by molar-refractivity contribution is -0.133. The van der Waals surface area contributed by atoms with Crippen molar-refractivity contribution in [2.45, 2.75) is 6.42 Å². The number of carbonyl (C=O) groups is 2. The molecule has 0 saturated carbocycles. The van der Waals surface area contributed by atoms with Gasteiger partial charge in [0.15, 0.2) is 5.70 Å². The highest BCUT2D eigenvalue weighted by molar-refractivity contribution is 9.10. The summed E-state index contributed by atoms with van der Waals surface area (Å²) < 4.78 is 12.6. The Bertz CT molecular complexity index is 1200. The molecule has 0 radical (unpaired) electrons. The molecule has 0 saturated heterocycles. The molecule has 3 aromatic carbocycles. The third kappa shape index (κ3) is 5.37. The molecule has 31 heavy (non-hydrogen) atoms. The summed E-state index contributed by atoms with van der Waals surface area (Å²) in [5, 5.41) is 0. The van der Waals surface area contributed by atoms with Crippen LogP contribution in [-0.4, -0.2) is 17.8 Å². The van der Waals surface area contributed by atoms with Crippen molar-refractivity contribution in [2.24, 2.45) is 4.99 Å². The molecular formula is C24H15Br2NO4. The van der Waals surface area contributed by atoms with Gasteiger partial charge in [-0.3, -0.25) is 4.79 Å². The lowest BCUT2D eigenvalue weighted by atomic mass is 10.1. The Balaban J connectivity index is 1.59. The smallest absolute Gasteiger partial charge is 0.363 e. The Kier molecular flexibility index (Phi) is 6.44. The molecule has 1 aliphatic rings. The molecule has 0 unspecified atom stereocenters. The first-order valence-corrected chi connectivity index (χ1v) is 10.9. The van der Waals surface area contributed by atoms with Crippen LogP contribution in [0.25, 0.3) is 6.08 Å². The number of hydrogen-bond acceptors (Lipinski definition) is 5. The summed E-state index contributed by atoms with van der Waals surface area (Å²) in [5.41, 5.74) is 2.19. The summed E-state index contributed by atoms with van der Waals surface area (Å²) >= 11 is 6.78. The van der Waals surface area contributed by atoms with Gasteiger partial charge >= 0.3 is 11.9 Å². The van der Waals surface area contributed by atoms with Gasteiger partial charge in [-0.25, -0.2) is 9.79 Å². The molecule has 4 rings (SSSR count). The van der Waals surface area contributed by atoms with Gasteiger partial charge in [0.2, 0.25) is 5.90 Å². The van der Waals surface area contributed by atoms with E-state index in [0.29, 0.717) is 16.9 Å². The molecule has 3 aromatic rings. The fraction of sp³-hybridized carbons (Fsp3) is 0.0417. The van der Waals surface area contributed by atoms with Crippen molar-refractivity contribution in [2.75, 3.05) is 0 Å². The maximum absolute atomic E-state index is 12.4. The van der Waals surface area contributed by atoms with Crippen LogP contribution < -0.4 is 4.74 Å². The second kappa shape index (κ2) is 9.41. The molecule has 0 bridgehead atoms. The second-order valence-corrected chi connectivity index (χ2v) is 8.49. The zero-order valence-corrected chi connectivity index (χ0v) is 19.2. The Hall–Kier alpha value is -3.03. The summed E-state index contributed by atoms with van der Waals surface area (Å²) in [5.74, 6) is -0.418. The Labute approximate surface area is 195 Å². The van der Waals surface area contributed by atoms with Gasteiger partial charge in [0, 0.05) is 20.1 Å². The normalized spacial score (nSPS) is 14.3. The third-order valence-electron chi connectivity index (χ3n) is 4.39. The van der Waals surface area contributed by atoms with Crippen LogP contribution in [0.5, 0.6) is 5.75 Å². The molecule has 7 heteroatoms. The molecule has 5 nitrogen and oxygen atoms in total. The molecule has 0 aliphatic carbocycles. The molecule has 0 atom stereocenters. The van der Waals surface area contributed by atoms with Gasteiger partial charge < -0.3 is 9.47 Å². The van der Waals surface area contributed by atoms with E-state index in [-0.39, 0.29) is 18.0 Å².